The maximum atomic E-state index is 10.6. The van der Waals surface area contributed by atoms with Gasteiger partial charge in [0.2, 0.25) is 0 Å². The zero-order chi connectivity index (χ0) is 13.4. The van der Waals surface area contributed by atoms with E-state index in [0.29, 0.717) is 23.8 Å². The van der Waals surface area contributed by atoms with Gasteiger partial charge >= 0.3 is 0 Å². The van der Waals surface area contributed by atoms with E-state index in [4.69, 9.17) is 4.74 Å². The number of pyridine rings is 1. The summed E-state index contributed by atoms with van der Waals surface area (Å²) >= 11 is 0. The van der Waals surface area contributed by atoms with Gasteiger partial charge in [-0.1, -0.05) is 0 Å². The number of ether oxygens (including phenoxy) is 1. The second kappa shape index (κ2) is 5.10. The quantitative estimate of drug-likeness (QED) is 0.905. The average molecular weight is 262 g/mol. The summed E-state index contributed by atoms with van der Waals surface area (Å²) < 4.78 is 5.18. The maximum Gasteiger partial charge on any atom is 0.137 e. The normalized spacial score (nSPS) is 32.3. The van der Waals surface area contributed by atoms with E-state index >= 15 is 0 Å². The van der Waals surface area contributed by atoms with E-state index in [-0.39, 0.29) is 0 Å². The van der Waals surface area contributed by atoms with Crippen molar-refractivity contribution in [2.24, 2.45) is 5.92 Å². The Labute approximate surface area is 114 Å². The summed E-state index contributed by atoms with van der Waals surface area (Å²) in [6.07, 6.45) is 7.75. The van der Waals surface area contributed by atoms with Crippen molar-refractivity contribution in [3.05, 3.63) is 24.0 Å². The number of nitrogens with zero attached hydrogens (tertiary/aromatic N) is 2. The lowest BCUT2D eigenvalue weighted by molar-refractivity contribution is 0.0353. The Morgan fingerprint density at radius 2 is 2.00 bits per heavy atom. The van der Waals surface area contributed by atoms with Crippen molar-refractivity contribution < 1.29 is 9.84 Å². The molecule has 1 N–H and O–H groups in total. The number of aliphatic hydroxyl groups is 1. The summed E-state index contributed by atoms with van der Waals surface area (Å²) in [5.41, 5.74) is 0.883. The Morgan fingerprint density at radius 1 is 1.32 bits per heavy atom. The molecule has 0 aliphatic carbocycles. The van der Waals surface area contributed by atoms with Gasteiger partial charge in [0.15, 0.2) is 0 Å². The second-order valence-corrected chi connectivity index (χ2v) is 5.88. The molecule has 2 bridgehead atoms. The molecule has 1 aromatic rings. The van der Waals surface area contributed by atoms with Gasteiger partial charge in [0.05, 0.1) is 19.4 Å². The zero-order valence-electron chi connectivity index (χ0n) is 11.6. The number of rotatable bonds is 3. The number of aromatic nitrogens is 1. The highest BCUT2D eigenvalue weighted by atomic mass is 16.5. The highest BCUT2D eigenvalue weighted by molar-refractivity contribution is 5.25. The minimum atomic E-state index is -0.417. The molecule has 3 rings (SSSR count). The van der Waals surface area contributed by atoms with Crippen LogP contribution in [0.25, 0.3) is 0 Å². The molecule has 19 heavy (non-hydrogen) atoms. The van der Waals surface area contributed by atoms with Crippen LogP contribution in [0.15, 0.2) is 18.5 Å². The first-order chi connectivity index (χ1) is 9.19. The summed E-state index contributed by atoms with van der Waals surface area (Å²) in [6.45, 7) is 0. The van der Waals surface area contributed by atoms with E-state index in [2.05, 4.69) is 16.9 Å². The van der Waals surface area contributed by atoms with Crippen LogP contribution >= 0.6 is 0 Å². The predicted octanol–water partition coefficient (Wildman–Crippen LogP) is 2.00. The van der Waals surface area contributed by atoms with Gasteiger partial charge < -0.3 is 14.7 Å². The molecular weight excluding hydrogens is 240 g/mol. The fourth-order valence-corrected chi connectivity index (χ4v) is 3.69. The number of piperidine rings is 1. The first kappa shape index (κ1) is 12.9. The molecule has 0 radical (unpaired) electrons. The third kappa shape index (κ3) is 2.35. The molecule has 3 unspecified atom stereocenters. The first-order valence-electron chi connectivity index (χ1n) is 7.08. The molecule has 2 saturated heterocycles. The van der Waals surface area contributed by atoms with Crippen molar-refractivity contribution in [2.75, 3.05) is 14.2 Å². The molecule has 0 aromatic carbocycles. The molecular formula is C15H22N2O2. The van der Waals surface area contributed by atoms with Gasteiger partial charge in [0.1, 0.15) is 5.75 Å². The van der Waals surface area contributed by atoms with Crippen LogP contribution in [-0.2, 0) is 0 Å². The average Bonchev–Trinajstić information content (AvgIpc) is 2.68. The molecule has 104 valence electrons. The third-order valence-corrected chi connectivity index (χ3v) is 4.89. The fourth-order valence-electron chi connectivity index (χ4n) is 3.69. The van der Waals surface area contributed by atoms with Gasteiger partial charge in [-0.05, 0) is 44.7 Å². The van der Waals surface area contributed by atoms with Gasteiger partial charge in [0.25, 0.3) is 0 Å². The van der Waals surface area contributed by atoms with E-state index in [1.807, 2.05) is 6.07 Å². The molecule has 0 saturated carbocycles. The Kier molecular flexibility index (Phi) is 3.46. The number of methoxy groups -OCH3 is 1. The molecule has 0 spiro atoms. The summed E-state index contributed by atoms with van der Waals surface area (Å²) in [7, 11) is 3.85. The SMILES string of the molecule is COc1cncc(C(O)C2CC3CCC(C2)N3C)c1. The molecule has 2 aliphatic rings. The largest absolute Gasteiger partial charge is 0.495 e. The van der Waals surface area contributed by atoms with E-state index in [1.165, 1.54) is 12.8 Å². The van der Waals surface area contributed by atoms with Crippen LogP contribution in [0.2, 0.25) is 0 Å². The number of fused-ring (bicyclic) bond motifs is 2. The van der Waals surface area contributed by atoms with Gasteiger partial charge in [-0.2, -0.15) is 0 Å². The predicted molar refractivity (Wildman–Crippen MR) is 73.0 cm³/mol. The van der Waals surface area contributed by atoms with Crippen LogP contribution in [-0.4, -0.2) is 41.2 Å². The Bertz CT molecular complexity index is 438. The van der Waals surface area contributed by atoms with Crippen molar-refractivity contribution in [1.82, 2.24) is 9.88 Å². The summed E-state index contributed by atoms with van der Waals surface area (Å²) in [4.78, 5) is 6.64. The minimum absolute atomic E-state index is 0.350. The van der Waals surface area contributed by atoms with Crippen molar-refractivity contribution in [3.63, 3.8) is 0 Å². The molecule has 3 atom stereocenters. The zero-order valence-corrected chi connectivity index (χ0v) is 11.6. The first-order valence-corrected chi connectivity index (χ1v) is 7.08. The Hall–Kier alpha value is -1.13. The highest BCUT2D eigenvalue weighted by Crippen LogP contribution is 2.42. The Morgan fingerprint density at radius 3 is 2.63 bits per heavy atom. The Balaban J connectivity index is 1.75. The van der Waals surface area contributed by atoms with Crippen LogP contribution < -0.4 is 4.74 Å². The molecule has 4 nitrogen and oxygen atoms in total. The number of hydrogen-bond donors (Lipinski definition) is 1. The van der Waals surface area contributed by atoms with E-state index in [1.54, 1.807) is 19.5 Å². The summed E-state index contributed by atoms with van der Waals surface area (Å²) in [5.74, 6) is 1.06. The summed E-state index contributed by atoms with van der Waals surface area (Å²) in [5, 5.41) is 10.6. The lowest BCUT2D eigenvalue weighted by Gasteiger charge is -2.38. The van der Waals surface area contributed by atoms with Gasteiger partial charge in [-0.3, -0.25) is 4.98 Å². The number of aliphatic hydroxyl groups excluding tert-OH is 1. The van der Waals surface area contributed by atoms with Crippen LogP contribution in [0, 0.1) is 5.92 Å². The fraction of sp³-hybridized carbons (Fsp3) is 0.667. The smallest absolute Gasteiger partial charge is 0.137 e. The van der Waals surface area contributed by atoms with Crippen molar-refractivity contribution in [1.29, 1.82) is 0 Å². The van der Waals surface area contributed by atoms with E-state index in [0.717, 1.165) is 18.4 Å². The minimum Gasteiger partial charge on any atom is -0.495 e. The van der Waals surface area contributed by atoms with Gasteiger partial charge in [0, 0.05) is 23.8 Å². The van der Waals surface area contributed by atoms with Crippen molar-refractivity contribution in [3.8, 4) is 5.75 Å². The summed E-state index contributed by atoms with van der Waals surface area (Å²) in [6, 6.07) is 3.20. The van der Waals surface area contributed by atoms with Crippen LogP contribution in [0.4, 0.5) is 0 Å². The molecule has 0 amide bonds. The third-order valence-electron chi connectivity index (χ3n) is 4.89. The topological polar surface area (TPSA) is 45.6 Å². The van der Waals surface area contributed by atoms with Crippen LogP contribution in [0.5, 0.6) is 5.75 Å². The van der Waals surface area contributed by atoms with Crippen LogP contribution in [0.1, 0.15) is 37.4 Å². The van der Waals surface area contributed by atoms with Gasteiger partial charge in [-0.15, -0.1) is 0 Å². The second-order valence-electron chi connectivity index (χ2n) is 5.88. The standard InChI is InChI=1S/C15H22N2O2/c1-17-12-3-4-13(17)6-10(5-12)15(18)11-7-14(19-2)9-16-8-11/h7-10,12-13,15,18H,3-6H2,1-2H3. The lowest BCUT2D eigenvalue weighted by atomic mass is 9.84. The van der Waals surface area contributed by atoms with E-state index in [9.17, 15) is 5.11 Å². The maximum absolute atomic E-state index is 10.6. The number of hydrogen-bond acceptors (Lipinski definition) is 4. The van der Waals surface area contributed by atoms with E-state index < -0.39 is 6.10 Å². The molecule has 4 heteroatoms. The molecule has 2 fully saturated rings. The molecule has 2 aliphatic heterocycles. The lowest BCUT2D eigenvalue weighted by Crippen LogP contribution is -2.41. The highest BCUT2D eigenvalue weighted by Gasteiger charge is 2.40. The molecule has 3 heterocycles. The van der Waals surface area contributed by atoms with Crippen LogP contribution in [0.3, 0.4) is 0 Å². The monoisotopic (exact) mass is 262 g/mol. The van der Waals surface area contributed by atoms with Crippen molar-refractivity contribution in [2.45, 2.75) is 43.9 Å². The van der Waals surface area contributed by atoms with Gasteiger partial charge in [-0.25, -0.2) is 0 Å². The van der Waals surface area contributed by atoms with Crippen molar-refractivity contribution >= 4 is 0 Å². The molecule has 1 aromatic heterocycles.